The van der Waals surface area contributed by atoms with Crippen molar-refractivity contribution in [2.24, 2.45) is 0 Å². The van der Waals surface area contributed by atoms with Gasteiger partial charge in [0, 0.05) is 56.8 Å². The number of aromatic nitrogens is 1. The highest BCUT2D eigenvalue weighted by atomic mass is 32.1. The third-order valence-electron chi connectivity index (χ3n) is 6.39. The summed E-state index contributed by atoms with van der Waals surface area (Å²) >= 11 is 1.58. The van der Waals surface area contributed by atoms with Gasteiger partial charge in [0.1, 0.15) is 10.8 Å². The van der Waals surface area contributed by atoms with Crippen LogP contribution in [0.3, 0.4) is 0 Å². The van der Waals surface area contributed by atoms with Crippen molar-refractivity contribution in [2.45, 2.75) is 13.0 Å². The molecule has 2 aliphatic heterocycles. The quantitative estimate of drug-likeness (QED) is 0.539. The number of benzene rings is 2. The SMILES string of the molecule is O=C(Cc1csc(-c2cccc(CN3CCOCC3)c2)n1)N1CCN(c2ccccc2F)CC1. The van der Waals surface area contributed by atoms with Gasteiger partial charge in [0.15, 0.2) is 0 Å². The third kappa shape index (κ3) is 5.46. The minimum Gasteiger partial charge on any atom is -0.379 e. The molecular weight excluding hydrogens is 451 g/mol. The zero-order valence-electron chi connectivity index (χ0n) is 19.2. The Bertz CT molecular complexity index is 1120. The summed E-state index contributed by atoms with van der Waals surface area (Å²) in [6.07, 6.45) is 0.295. The second-order valence-corrected chi connectivity index (χ2v) is 9.59. The number of carbonyl (C=O) groups is 1. The lowest BCUT2D eigenvalue weighted by Crippen LogP contribution is -2.49. The van der Waals surface area contributed by atoms with Crippen LogP contribution in [0.15, 0.2) is 53.9 Å². The molecule has 0 bridgehead atoms. The van der Waals surface area contributed by atoms with Gasteiger partial charge in [-0.1, -0.05) is 30.3 Å². The Morgan fingerprint density at radius 3 is 2.59 bits per heavy atom. The number of hydrogen-bond donors (Lipinski definition) is 0. The van der Waals surface area contributed by atoms with Crippen molar-refractivity contribution >= 4 is 22.9 Å². The molecule has 2 aliphatic rings. The summed E-state index contributed by atoms with van der Waals surface area (Å²) in [4.78, 5) is 23.9. The van der Waals surface area contributed by atoms with E-state index in [2.05, 4.69) is 29.2 Å². The maximum Gasteiger partial charge on any atom is 0.228 e. The average molecular weight is 481 g/mol. The van der Waals surface area contributed by atoms with Gasteiger partial charge < -0.3 is 14.5 Å². The first-order valence-corrected chi connectivity index (χ1v) is 12.6. The number of nitrogens with zero attached hydrogens (tertiary/aromatic N) is 4. The van der Waals surface area contributed by atoms with E-state index < -0.39 is 0 Å². The number of amides is 1. The molecule has 0 N–H and O–H groups in total. The molecule has 0 atom stereocenters. The van der Waals surface area contributed by atoms with Gasteiger partial charge in [-0.2, -0.15) is 0 Å². The highest BCUT2D eigenvalue weighted by Crippen LogP contribution is 2.26. The monoisotopic (exact) mass is 480 g/mol. The lowest BCUT2D eigenvalue weighted by atomic mass is 10.1. The molecule has 0 aliphatic carbocycles. The van der Waals surface area contributed by atoms with Gasteiger partial charge in [0.05, 0.1) is 31.0 Å². The zero-order chi connectivity index (χ0) is 23.3. The molecule has 8 heteroatoms. The summed E-state index contributed by atoms with van der Waals surface area (Å²) < 4.78 is 19.5. The van der Waals surface area contributed by atoms with E-state index in [1.807, 2.05) is 21.2 Å². The van der Waals surface area contributed by atoms with Gasteiger partial charge >= 0.3 is 0 Å². The smallest absolute Gasteiger partial charge is 0.228 e. The van der Waals surface area contributed by atoms with Crippen LogP contribution in [0, 0.1) is 5.82 Å². The largest absolute Gasteiger partial charge is 0.379 e. The number of carbonyl (C=O) groups excluding carboxylic acids is 1. The summed E-state index contributed by atoms with van der Waals surface area (Å²) in [7, 11) is 0. The summed E-state index contributed by atoms with van der Waals surface area (Å²) in [5.41, 5.74) is 3.77. The second-order valence-electron chi connectivity index (χ2n) is 8.73. The van der Waals surface area contributed by atoms with E-state index in [-0.39, 0.29) is 11.7 Å². The van der Waals surface area contributed by atoms with E-state index in [1.54, 1.807) is 23.5 Å². The van der Waals surface area contributed by atoms with Crippen molar-refractivity contribution in [3.05, 3.63) is 71.0 Å². The molecule has 5 rings (SSSR count). The van der Waals surface area contributed by atoms with Crippen molar-refractivity contribution in [3.63, 3.8) is 0 Å². The van der Waals surface area contributed by atoms with E-state index >= 15 is 0 Å². The summed E-state index contributed by atoms with van der Waals surface area (Å²) in [6.45, 7) is 6.86. The Balaban J connectivity index is 1.17. The minimum atomic E-state index is -0.216. The van der Waals surface area contributed by atoms with Crippen LogP contribution in [0.2, 0.25) is 0 Å². The molecule has 1 aromatic heterocycles. The number of para-hydroxylation sites is 1. The van der Waals surface area contributed by atoms with Gasteiger partial charge in [0.25, 0.3) is 0 Å². The predicted octanol–water partition coefficient (Wildman–Crippen LogP) is 3.67. The van der Waals surface area contributed by atoms with Crippen LogP contribution in [0.1, 0.15) is 11.3 Å². The van der Waals surface area contributed by atoms with Crippen LogP contribution in [0.5, 0.6) is 0 Å². The van der Waals surface area contributed by atoms with E-state index in [1.165, 1.54) is 11.6 Å². The summed E-state index contributed by atoms with van der Waals surface area (Å²) in [6, 6.07) is 15.3. The van der Waals surface area contributed by atoms with E-state index in [0.717, 1.165) is 49.1 Å². The molecule has 2 saturated heterocycles. The van der Waals surface area contributed by atoms with E-state index in [4.69, 9.17) is 9.72 Å². The number of thiazole rings is 1. The molecule has 3 aromatic rings. The van der Waals surface area contributed by atoms with Gasteiger partial charge in [-0.25, -0.2) is 9.37 Å². The van der Waals surface area contributed by atoms with Crippen LogP contribution in [-0.2, 0) is 22.5 Å². The maximum atomic E-state index is 14.1. The molecule has 3 heterocycles. The maximum absolute atomic E-state index is 14.1. The molecule has 0 radical (unpaired) electrons. The van der Waals surface area contributed by atoms with Gasteiger partial charge in [-0.15, -0.1) is 11.3 Å². The zero-order valence-corrected chi connectivity index (χ0v) is 20.0. The number of anilines is 1. The number of morpholine rings is 1. The Kier molecular flexibility index (Phi) is 7.18. The van der Waals surface area contributed by atoms with E-state index in [9.17, 15) is 9.18 Å². The summed E-state index contributed by atoms with van der Waals surface area (Å²) in [5.74, 6) is -0.141. The van der Waals surface area contributed by atoms with Gasteiger partial charge in [0.2, 0.25) is 5.91 Å². The molecule has 2 aromatic carbocycles. The minimum absolute atomic E-state index is 0.0751. The molecule has 178 valence electrons. The molecule has 34 heavy (non-hydrogen) atoms. The predicted molar refractivity (Wildman–Crippen MR) is 133 cm³/mol. The van der Waals surface area contributed by atoms with Crippen molar-refractivity contribution in [1.29, 1.82) is 0 Å². The lowest BCUT2D eigenvalue weighted by Gasteiger charge is -2.36. The van der Waals surface area contributed by atoms with Crippen LogP contribution in [0.25, 0.3) is 10.6 Å². The molecule has 0 spiro atoms. The Morgan fingerprint density at radius 2 is 1.79 bits per heavy atom. The lowest BCUT2D eigenvalue weighted by molar-refractivity contribution is -0.130. The Hall–Kier alpha value is -2.81. The molecule has 0 unspecified atom stereocenters. The second kappa shape index (κ2) is 10.6. The van der Waals surface area contributed by atoms with E-state index in [0.29, 0.717) is 38.3 Å². The number of ether oxygens (including phenoxy) is 1. The highest BCUT2D eigenvalue weighted by Gasteiger charge is 2.23. The topological polar surface area (TPSA) is 48.9 Å². The van der Waals surface area contributed by atoms with Crippen LogP contribution < -0.4 is 4.90 Å². The Labute approximate surface area is 203 Å². The fourth-order valence-corrected chi connectivity index (χ4v) is 5.33. The first-order chi connectivity index (χ1) is 16.7. The van der Waals surface area contributed by atoms with Crippen molar-refractivity contribution in [2.75, 3.05) is 57.4 Å². The van der Waals surface area contributed by atoms with Crippen molar-refractivity contribution in [3.8, 4) is 10.6 Å². The third-order valence-corrected chi connectivity index (χ3v) is 7.33. The van der Waals surface area contributed by atoms with Crippen LogP contribution in [-0.4, -0.2) is 73.2 Å². The standard InChI is InChI=1S/C26H29FN4O2S/c27-23-6-1-2-7-24(23)30-8-10-31(11-9-30)25(32)17-22-19-34-26(28-22)21-5-3-4-20(16-21)18-29-12-14-33-15-13-29/h1-7,16,19H,8-15,17-18H2. The average Bonchev–Trinajstić information content (AvgIpc) is 3.34. The number of piperazine rings is 1. The fraction of sp³-hybridized carbons (Fsp3) is 0.385. The van der Waals surface area contributed by atoms with Crippen LogP contribution in [0.4, 0.5) is 10.1 Å². The molecule has 1 amide bonds. The fourth-order valence-electron chi connectivity index (χ4n) is 4.51. The number of hydrogen-bond acceptors (Lipinski definition) is 6. The Morgan fingerprint density at radius 1 is 1.00 bits per heavy atom. The summed E-state index contributed by atoms with van der Waals surface area (Å²) in [5, 5.41) is 2.92. The van der Waals surface area contributed by atoms with Gasteiger partial charge in [-0.3, -0.25) is 9.69 Å². The van der Waals surface area contributed by atoms with Crippen LogP contribution >= 0.6 is 11.3 Å². The number of halogens is 1. The number of rotatable bonds is 6. The normalized spacial score (nSPS) is 17.2. The molecular formula is C26H29FN4O2S. The first-order valence-electron chi connectivity index (χ1n) is 11.8. The highest BCUT2D eigenvalue weighted by molar-refractivity contribution is 7.13. The molecule has 2 fully saturated rings. The molecule has 0 saturated carbocycles. The molecule has 6 nitrogen and oxygen atoms in total. The van der Waals surface area contributed by atoms with Crippen molar-refractivity contribution < 1.29 is 13.9 Å². The first kappa shape index (κ1) is 23.0. The van der Waals surface area contributed by atoms with Gasteiger partial charge in [-0.05, 0) is 23.8 Å². The van der Waals surface area contributed by atoms with Crippen molar-refractivity contribution in [1.82, 2.24) is 14.8 Å².